The number of nitrogens with one attached hydrogen (secondary N) is 2. The number of unbranched alkanes of at least 4 members (excludes halogenated alkanes) is 1. The van der Waals surface area contributed by atoms with E-state index in [4.69, 9.17) is 21.7 Å². The van der Waals surface area contributed by atoms with Gasteiger partial charge in [-0.1, -0.05) is 45.4 Å². The molecule has 29 heavy (non-hydrogen) atoms. The van der Waals surface area contributed by atoms with Crippen molar-refractivity contribution in [2.24, 2.45) is 5.92 Å². The number of hydrogen-bond acceptors (Lipinski definition) is 4. The minimum atomic E-state index is -0.291. The van der Waals surface area contributed by atoms with Crippen LogP contribution in [0.1, 0.15) is 50.4 Å². The first-order valence-corrected chi connectivity index (χ1v) is 10.5. The Balaban J connectivity index is 1.93. The van der Waals surface area contributed by atoms with Crippen LogP contribution in [0.25, 0.3) is 0 Å². The molecule has 2 rings (SSSR count). The predicted octanol–water partition coefficient (Wildman–Crippen LogP) is 5.42. The molecule has 0 aliphatic heterocycles. The number of amides is 1. The van der Waals surface area contributed by atoms with Crippen LogP contribution in [0.5, 0.6) is 11.5 Å². The summed E-state index contributed by atoms with van der Waals surface area (Å²) in [6, 6.07) is 14.6. The summed E-state index contributed by atoms with van der Waals surface area (Å²) in [5, 5.41) is 5.97. The van der Waals surface area contributed by atoms with Gasteiger partial charge < -0.3 is 14.8 Å². The van der Waals surface area contributed by atoms with E-state index in [0.717, 1.165) is 24.9 Å². The van der Waals surface area contributed by atoms with E-state index in [1.54, 1.807) is 18.2 Å². The third-order valence-corrected chi connectivity index (χ3v) is 4.38. The molecule has 0 unspecified atom stereocenters. The number of ether oxygens (including phenoxy) is 2. The molecule has 0 heterocycles. The zero-order valence-electron chi connectivity index (χ0n) is 17.4. The van der Waals surface area contributed by atoms with Gasteiger partial charge in [0.15, 0.2) is 5.11 Å². The molecule has 5 nitrogen and oxygen atoms in total. The summed E-state index contributed by atoms with van der Waals surface area (Å²) in [7, 11) is 0. The summed E-state index contributed by atoms with van der Waals surface area (Å²) in [4.78, 5) is 12.5. The van der Waals surface area contributed by atoms with Gasteiger partial charge in [-0.25, -0.2) is 0 Å². The highest BCUT2D eigenvalue weighted by atomic mass is 32.1. The Labute approximate surface area is 178 Å². The van der Waals surface area contributed by atoms with Gasteiger partial charge in [0.25, 0.3) is 5.91 Å². The Kier molecular flexibility index (Phi) is 9.44. The molecule has 0 aromatic heterocycles. The number of hydrogen-bond donors (Lipinski definition) is 2. The molecule has 0 radical (unpaired) electrons. The molecule has 156 valence electrons. The highest BCUT2D eigenvalue weighted by molar-refractivity contribution is 7.80. The van der Waals surface area contributed by atoms with Crippen LogP contribution in [0, 0.1) is 5.92 Å². The van der Waals surface area contributed by atoms with Crippen LogP contribution in [0.3, 0.4) is 0 Å². The van der Waals surface area contributed by atoms with Gasteiger partial charge in [-0.05, 0) is 61.3 Å². The quantitative estimate of drug-likeness (QED) is 0.402. The van der Waals surface area contributed by atoms with Crippen molar-refractivity contribution in [2.45, 2.75) is 40.0 Å². The summed E-state index contributed by atoms with van der Waals surface area (Å²) in [5.41, 5.74) is 1.21. The zero-order chi connectivity index (χ0) is 21.1. The van der Waals surface area contributed by atoms with Crippen molar-refractivity contribution in [3.63, 3.8) is 0 Å². The van der Waals surface area contributed by atoms with Gasteiger partial charge in [0.1, 0.15) is 11.5 Å². The minimum absolute atomic E-state index is 0.215. The van der Waals surface area contributed by atoms with Crippen LogP contribution in [0.4, 0.5) is 5.69 Å². The van der Waals surface area contributed by atoms with Crippen molar-refractivity contribution in [3.8, 4) is 11.5 Å². The van der Waals surface area contributed by atoms with Crippen molar-refractivity contribution >= 4 is 28.9 Å². The fraction of sp³-hybridized carbons (Fsp3) is 0.391. The van der Waals surface area contributed by atoms with E-state index in [1.807, 2.05) is 30.3 Å². The van der Waals surface area contributed by atoms with Gasteiger partial charge in [0.05, 0.1) is 18.9 Å². The smallest absolute Gasteiger partial charge is 0.257 e. The second-order valence-corrected chi connectivity index (χ2v) is 7.57. The van der Waals surface area contributed by atoms with Crippen LogP contribution in [-0.2, 0) is 0 Å². The van der Waals surface area contributed by atoms with Gasteiger partial charge in [0.2, 0.25) is 0 Å². The molecular formula is C23H30N2O3S. The molecule has 2 aromatic carbocycles. The summed E-state index contributed by atoms with van der Waals surface area (Å²) < 4.78 is 11.5. The van der Waals surface area contributed by atoms with Crippen LogP contribution in [0.2, 0.25) is 0 Å². The molecule has 0 bridgehead atoms. The lowest BCUT2D eigenvalue weighted by molar-refractivity contribution is 0.0977. The summed E-state index contributed by atoms with van der Waals surface area (Å²) in [5.74, 6) is 1.66. The topological polar surface area (TPSA) is 59.6 Å². The zero-order valence-corrected chi connectivity index (χ0v) is 18.2. The standard InChI is InChI=1S/C23H30N2O3S/c1-4-5-14-28-21-12-7-6-11-20(21)24-23(29)25-22(26)18-9-8-10-19(16-18)27-15-13-17(2)3/h6-12,16-17H,4-5,13-15H2,1-3H3,(H2,24,25,26,29). The monoisotopic (exact) mass is 414 g/mol. The number of carbonyl (C=O) groups excluding carboxylic acids is 1. The molecular weight excluding hydrogens is 384 g/mol. The first kappa shape index (κ1) is 22.7. The normalized spacial score (nSPS) is 10.5. The first-order valence-electron chi connectivity index (χ1n) is 10.1. The number of thiocarbonyl (C=S) groups is 1. The third kappa shape index (κ3) is 8.11. The molecule has 0 spiro atoms. The number of anilines is 1. The SMILES string of the molecule is CCCCOc1ccccc1NC(=S)NC(=O)c1cccc(OCCC(C)C)c1. The van der Waals surface area contributed by atoms with E-state index >= 15 is 0 Å². The Morgan fingerprint density at radius 3 is 2.62 bits per heavy atom. The van der Waals surface area contributed by atoms with Crippen LogP contribution < -0.4 is 20.1 Å². The van der Waals surface area contributed by atoms with Gasteiger partial charge in [-0.15, -0.1) is 0 Å². The van der Waals surface area contributed by atoms with Crippen molar-refractivity contribution in [1.29, 1.82) is 0 Å². The molecule has 0 atom stereocenters. The van der Waals surface area contributed by atoms with E-state index in [2.05, 4.69) is 31.4 Å². The molecule has 0 aliphatic rings. The third-order valence-electron chi connectivity index (χ3n) is 4.18. The van der Waals surface area contributed by atoms with Crippen LogP contribution in [0.15, 0.2) is 48.5 Å². The molecule has 2 aromatic rings. The Bertz CT molecular complexity index is 808. The average molecular weight is 415 g/mol. The average Bonchev–Trinajstić information content (AvgIpc) is 2.69. The van der Waals surface area contributed by atoms with Crippen molar-refractivity contribution in [3.05, 3.63) is 54.1 Å². The van der Waals surface area contributed by atoms with Gasteiger partial charge in [-0.3, -0.25) is 10.1 Å². The maximum atomic E-state index is 12.5. The van der Waals surface area contributed by atoms with E-state index < -0.39 is 0 Å². The highest BCUT2D eigenvalue weighted by Crippen LogP contribution is 2.24. The molecule has 0 saturated heterocycles. The first-order chi connectivity index (χ1) is 14.0. The van der Waals surface area contributed by atoms with Gasteiger partial charge >= 0.3 is 0 Å². The summed E-state index contributed by atoms with van der Waals surface area (Å²) in [6.07, 6.45) is 3.00. The number of para-hydroxylation sites is 2. The molecule has 0 fully saturated rings. The second kappa shape index (κ2) is 12.1. The molecule has 6 heteroatoms. The molecule has 1 amide bonds. The largest absolute Gasteiger partial charge is 0.494 e. The lowest BCUT2D eigenvalue weighted by atomic mass is 10.1. The predicted molar refractivity (Wildman–Crippen MR) is 122 cm³/mol. The van der Waals surface area contributed by atoms with Crippen molar-refractivity contribution < 1.29 is 14.3 Å². The maximum absolute atomic E-state index is 12.5. The lowest BCUT2D eigenvalue weighted by Crippen LogP contribution is -2.34. The Morgan fingerprint density at radius 1 is 1.07 bits per heavy atom. The van der Waals surface area contributed by atoms with Crippen molar-refractivity contribution in [2.75, 3.05) is 18.5 Å². The van der Waals surface area contributed by atoms with Gasteiger partial charge in [-0.2, -0.15) is 0 Å². The van der Waals surface area contributed by atoms with Crippen LogP contribution in [-0.4, -0.2) is 24.2 Å². The van der Waals surface area contributed by atoms with E-state index in [1.165, 1.54) is 0 Å². The minimum Gasteiger partial charge on any atom is -0.494 e. The molecule has 2 N–H and O–H groups in total. The highest BCUT2D eigenvalue weighted by Gasteiger charge is 2.11. The van der Waals surface area contributed by atoms with Crippen LogP contribution >= 0.6 is 12.2 Å². The number of rotatable bonds is 10. The number of benzene rings is 2. The number of carbonyl (C=O) groups is 1. The summed E-state index contributed by atoms with van der Waals surface area (Å²) >= 11 is 5.31. The molecule has 0 aliphatic carbocycles. The van der Waals surface area contributed by atoms with E-state index in [9.17, 15) is 4.79 Å². The molecule has 0 saturated carbocycles. The maximum Gasteiger partial charge on any atom is 0.257 e. The van der Waals surface area contributed by atoms with E-state index in [0.29, 0.717) is 36.2 Å². The Morgan fingerprint density at radius 2 is 1.86 bits per heavy atom. The summed E-state index contributed by atoms with van der Waals surface area (Å²) in [6.45, 7) is 7.67. The second-order valence-electron chi connectivity index (χ2n) is 7.17. The fourth-order valence-corrected chi connectivity index (χ4v) is 2.69. The fourth-order valence-electron chi connectivity index (χ4n) is 2.49. The van der Waals surface area contributed by atoms with Gasteiger partial charge in [0, 0.05) is 5.56 Å². The Hall–Kier alpha value is -2.60. The van der Waals surface area contributed by atoms with E-state index in [-0.39, 0.29) is 11.0 Å². The lowest BCUT2D eigenvalue weighted by Gasteiger charge is -2.14. The van der Waals surface area contributed by atoms with Crippen molar-refractivity contribution in [1.82, 2.24) is 5.32 Å².